The molecule has 0 aliphatic rings. The Morgan fingerprint density at radius 1 is 1.13 bits per heavy atom. The molecule has 3 rings (SSSR count). The number of aromatic nitrogens is 3. The molecule has 0 bridgehead atoms. The number of carbonyl (C=O) groups excluding carboxylic acids is 1. The molecule has 1 amide bonds. The Bertz CT molecular complexity index is 1370. The molecule has 1 aromatic heterocycles. The maximum absolute atomic E-state index is 14.0. The van der Waals surface area contributed by atoms with Crippen molar-refractivity contribution < 1.29 is 18.3 Å². The molecule has 0 saturated carbocycles. The van der Waals surface area contributed by atoms with Gasteiger partial charge in [0, 0.05) is 55.3 Å². The highest BCUT2D eigenvalue weighted by Gasteiger charge is 2.16. The van der Waals surface area contributed by atoms with Gasteiger partial charge in [0.05, 0.1) is 7.11 Å². The summed E-state index contributed by atoms with van der Waals surface area (Å²) in [7, 11) is 1.54. The fourth-order valence-electron chi connectivity index (χ4n) is 3.98. The Balaban J connectivity index is 1.88. The van der Waals surface area contributed by atoms with Crippen molar-refractivity contribution in [2.45, 2.75) is 33.7 Å². The van der Waals surface area contributed by atoms with Crippen LogP contribution >= 0.6 is 0 Å². The summed E-state index contributed by atoms with van der Waals surface area (Å²) in [6.07, 6.45) is 4.68. The molecule has 0 saturated heterocycles. The van der Waals surface area contributed by atoms with Crippen molar-refractivity contribution in [3.63, 3.8) is 0 Å². The lowest BCUT2D eigenvalue weighted by Gasteiger charge is -2.25. The summed E-state index contributed by atoms with van der Waals surface area (Å²) in [6.45, 7) is 11.4. The zero-order valence-corrected chi connectivity index (χ0v) is 22.7. The van der Waals surface area contributed by atoms with Crippen LogP contribution in [0.3, 0.4) is 0 Å². The highest BCUT2D eigenvalue weighted by atomic mass is 19.1. The van der Waals surface area contributed by atoms with Crippen LogP contribution < -0.4 is 5.32 Å². The van der Waals surface area contributed by atoms with Crippen molar-refractivity contribution in [2.75, 3.05) is 26.7 Å². The van der Waals surface area contributed by atoms with Crippen LogP contribution in [0.15, 0.2) is 65.6 Å². The summed E-state index contributed by atoms with van der Waals surface area (Å²) in [5, 5.41) is 7.40. The van der Waals surface area contributed by atoms with Gasteiger partial charge in [0.2, 0.25) is 12.3 Å². The van der Waals surface area contributed by atoms with E-state index in [1.165, 1.54) is 19.2 Å². The highest BCUT2D eigenvalue weighted by Crippen LogP contribution is 2.26. The molecule has 0 unspecified atom stereocenters. The lowest BCUT2D eigenvalue weighted by atomic mass is 10.1. The van der Waals surface area contributed by atoms with Crippen LogP contribution in [0.2, 0.25) is 0 Å². The Morgan fingerprint density at radius 2 is 1.79 bits per heavy atom. The van der Waals surface area contributed by atoms with Gasteiger partial charge < -0.3 is 15.0 Å². The molecule has 0 aliphatic heterocycles. The van der Waals surface area contributed by atoms with Crippen molar-refractivity contribution in [2.24, 2.45) is 4.99 Å². The first-order valence-electron chi connectivity index (χ1n) is 12.6. The number of methoxy groups -OCH3 is 1. The zero-order chi connectivity index (χ0) is 28.4. The molecule has 1 heterocycles. The SMILES string of the molecule is C=C(/C=C(\N=C/C)OC)N(CCCn1nc(-c2ccc(F)c(C)c2)nc1-c1ccc(F)c(C)c1)CCNC=O. The van der Waals surface area contributed by atoms with E-state index in [9.17, 15) is 13.6 Å². The number of amides is 1. The summed E-state index contributed by atoms with van der Waals surface area (Å²) in [5.41, 5.74) is 3.10. The van der Waals surface area contributed by atoms with Gasteiger partial charge in [-0.25, -0.2) is 23.4 Å². The average Bonchev–Trinajstić information content (AvgIpc) is 3.34. The van der Waals surface area contributed by atoms with Gasteiger partial charge >= 0.3 is 0 Å². The molecule has 0 radical (unpaired) electrons. The van der Waals surface area contributed by atoms with E-state index in [0.29, 0.717) is 78.9 Å². The number of nitrogens with one attached hydrogen (secondary N) is 1. The molecule has 10 heteroatoms. The molecule has 2 aromatic carbocycles. The first-order valence-corrected chi connectivity index (χ1v) is 12.6. The van der Waals surface area contributed by atoms with E-state index in [0.717, 1.165) is 5.56 Å². The normalized spacial score (nSPS) is 11.6. The molecule has 1 N–H and O–H groups in total. The number of allylic oxidation sites excluding steroid dienone is 1. The molecule has 0 fully saturated rings. The molecule has 39 heavy (non-hydrogen) atoms. The van der Waals surface area contributed by atoms with E-state index in [4.69, 9.17) is 14.8 Å². The Kier molecular flexibility index (Phi) is 10.5. The van der Waals surface area contributed by atoms with E-state index >= 15 is 0 Å². The van der Waals surface area contributed by atoms with E-state index < -0.39 is 0 Å². The van der Waals surface area contributed by atoms with Gasteiger partial charge in [-0.3, -0.25) is 4.79 Å². The monoisotopic (exact) mass is 536 g/mol. The van der Waals surface area contributed by atoms with Gasteiger partial charge in [-0.2, -0.15) is 5.10 Å². The van der Waals surface area contributed by atoms with E-state index in [1.807, 2.05) is 4.90 Å². The van der Waals surface area contributed by atoms with E-state index in [2.05, 4.69) is 16.9 Å². The van der Waals surface area contributed by atoms with E-state index in [-0.39, 0.29) is 11.6 Å². The van der Waals surface area contributed by atoms with Crippen LogP contribution in [0.4, 0.5) is 8.78 Å². The van der Waals surface area contributed by atoms with Crippen LogP contribution in [-0.2, 0) is 16.1 Å². The minimum Gasteiger partial charge on any atom is -0.481 e. The third-order valence-corrected chi connectivity index (χ3v) is 6.07. The molecule has 0 atom stereocenters. The molecule has 206 valence electrons. The smallest absolute Gasteiger partial charge is 0.214 e. The number of halogens is 2. The second-order valence-electron chi connectivity index (χ2n) is 8.89. The van der Waals surface area contributed by atoms with Gasteiger partial charge in [0.25, 0.3) is 0 Å². The number of ether oxygens (including phenoxy) is 1. The topological polar surface area (TPSA) is 84.6 Å². The average molecular weight is 537 g/mol. The zero-order valence-electron chi connectivity index (χ0n) is 22.7. The molecular formula is C29H34F2N6O2. The standard InChI is InChI=1S/C29H34F2N6O2/c1-6-33-27(39-5)18-22(4)36(15-12-32-19-38)13-7-14-37-29(24-9-11-26(31)21(3)17-24)34-28(35-37)23-8-10-25(30)20(2)16-23/h6,8-11,16-19H,4,7,12-15H2,1-3,5H3,(H,32,38)/b27-18+,33-6-. The third-order valence-electron chi connectivity index (χ3n) is 6.07. The van der Waals surface area contributed by atoms with Gasteiger partial charge in [-0.1, -0.05) is 6.58 Å². The van der Waals surface area contributed by atoms with Gasteiger partial charge in [-0.15, -0.1) is 0 Å². The van der Waals surface area contributed by atoms with Crippen molar-refractivity contribution in [3.05, 3.63) is 83.4 Å². The van der Waals surface area contributed by atoms with Crippen LogP contribution in [0.25, 0.3) is 22.8 Å². The summed E-state index contributed by atoms with van der Waals surface area (Å²) in [5.74, 6) is 0.860. The number of benzene rings is 2. The molecule has 0 aliphatic carbocycles. The first kappa shape index (κ1) is 29.2. The Labute approximate surface area is 227 Å². The van der Waals surface area contributed by atoms with Gasteiger partial charge in [0.15, 0.2) is 11.6 Å². The number of carbonyl (C=O) groups is 1. The van der Waals surface area contributed by atoms with Crippen LogP contribution in [0.1, 0.15) is 24.5 Å². The lowest BCUT2D eigenvalue weighted by Crippen LogP contribution is -2.32. The van der Waals surface area contributed by atoms with Crippen molar-refractivity contribution in [1.82, 2.24) is 25.0 Å². The lowest BCUT2D eigenvalue weighted by molar-refractivity contribution is -0.109. The second-order valence-corrected chi connectivity index (χ2v) is 8.89. The van der Waals surface area contributed by atoms with Gasteiger partial charge in [0.1, 0.15) is 11.6 Å². The highest BCUT2D eigenvalue weighted by molar-refractivity contribution is 5.63. The molecule has 8 nitrogen and oxygen atoms in total. The number of aliphatic imine (C=N–C) groups is 1. The van der Waals surface area contributed by atoms with Crippen LogP contribution in [0, 0.1) is 25.5 Å². The fourth-order valence-corrected chi connectivity index (χ4v) is 3.98. The van der Waals surface area contributed by atoms with Crippen molar-refractivity contribution in [1.29, 1.82) is 0 Å². The van der Waals surface area contributed by atoms with E-state index in [1.54, 1.807) is 62.0 Å². The summed E-state index contributed by atoms with van der Waals surface area (Å²) < 4.78 is 34.9. The minimum atomic E-state index is -0.299. The molecule has 3 aromatic rings. The quantitative estimate of drug-likeness (QED) is 0.103. The minimum absolute atomic E-state index is 0.298. The Hall–Kier alpha value is -4.34. The Morgan fingerprint density at radius 3 is 2.41 bits per heavy atom. The fraction of sp³-hybridized carbons (Fsp3) is 0.310. The molecular weight excluding hydrogens is 502 g/mol. The van der Waals surface area contributed by atoms with Crippen molar-refractivity contribution >= 4 is 12.6 Å². The summed E-state index contributed by atoms with van der Waals surface area (Å²) >= 11 is 0. The largest absolute Gasteiger partial charge is 0.481 e. The molecule has 0 spiro atoms. The summed E-state index contributed by atoms with van der Waals surface area (Å²) in [6, 6.07) is 9.57. The number of hydrogen-bond acceptors (Lipinski definition) is 6. The van der Waals surface area contributed by atoms with Crippen LogP contribution in [-0.4, -0.2) is 59.0 Å². The number of aryl methyl sites for hydroxylation is 3. The number of rotatable bonds is 14. The predicted molar refractivity (Wildman–Crippen MR) is 149 cm³/mol. The predicted octanol–water partition coefficient (Wildman–Crippen LogP) is 5.04. The summed E-state index contributed by atoms with van der Waals surface area (Å²) in [4.78, 5) is 21.7. The second kappa shape index (κ2) is 14.0. The maximum Gasteiger partial charge on any atom is 0.214 e. The number of hydrogen-bond donors (Lipinski definition) is 1. The number of nitrogens with zero attached hydrogens (tertiary/aromatic N) is 5. The van der Waals surface area contributed by atoms with Crippen LogP contribution in [0.5, 0.6) is 0 Å². The third kappa shape index (κ3) is 7.83. The first-order chi connectivity index (χ1) is 18.8. The maximum atomic E-state index is 14.0. The van der Waals surface area contributed by atoms with Crippen molar-refractivity contribution in [3.8, 4) is 22.8 Å². The van der Waals surface area contributed by atoms with Gasteiger partial charge in [-0.05, 0) is 74.7 Å².